The van der Waals surface area contributed by atoms with Gasteiger partial charge in [-0.15, -0.1) is 0 Å². The molecule has 0 bridgehead atoms. The number of hydrogen-bond acceptors (Lipinski definition) is 6. The maximum Gasteiger partial charge on any atom is 0.345 e. The predicted octanol–water partition coefficient (Wildman–Crippen LogP) is 2.92. The molecule has 20 heavy (non-hydrogen) atoms. The third kappa shape index (κ3) is 3.23. The van der Waals surface area contributed by atoms with E-state index < -0.39 is 0 Å². The van der Waals surface area contributed by atoms with Crippen LogP contribution in [0.3, 0.4) is 0 Å². The van der Waals surface area contributed by atoms with Gasteiger partial charge in [-0.2, -0.15) is 4.37 Å². The molecule has 0 unspecified atom stereocenters. The minimum absolute atomic E-state index is 0.284. The molecule has 0 aromatic carbocycles. The molecule has 112 valence electrons. The summed E-state index contributed by atoms with van der Waals surface area (Å²) in [6.45, 7) is 8.61. The number of nitrogen functional groups attached to an aromatic ring is 1. The SMILES string of the molecule is CCOC(=O)c1c(N)nsc1N1CCCC(C)(C)CC1. The number of rotatable bonds is 3. The van der Waals surface area contributed by atoms with Gasteiger partial charge < -0.3 is 15.4 Å². The number of hydrogen-bond donors (Lipinski definition) is 1. The second-order valence-electron chi connectivity index (χ2n) is 5.97. The van der Waals surface area contributed by atoms with E-state index in [0.29, 0.717) is 17.6 Å². The molecule has 1 fully saturated rings. The lowest BCUT2D eigenvalue weighted by atomic mass is 9.85. The van der Waals surface area contributed by atoms with Crippen molar-refractivity contribution in [1.29, 1.82) is 0 Å². The van der Waals surface area contributed by atoms with Gasteiger partial charge in [-0.25, -0.2) is 4.79 Å². The third-order valence-corrected chi connectivity index (χ3v) is 4.73. The van der Waals surface area contributed by atoms with Crippen molar-refractivity contribution in [3.63, 3.8) is 0 Å². The first-order chi connectivity index (χ1) is 9.44. The summed E-state index contributed by atoms with van der Waals surface area (Å²) in [6.07, 6.45) is 3.42. The van der Waals surface area contributed by atoms with E-state index >= 15 is 0 Å². The van der Waals surface area contributed by atoms with Crippen LogP contribution in [-0.4, -0.2) is 30.0 Å². The van der Waals surface area contributed by atoms with Crippen molar-refractivity contribution in [2.45, 2.75) is 40.0 Å². The summed E-state index contributed by atoms with van der Waals surface area (Å²) in [4.78, 5) is 14.3. The molecule has 0 aliphatic carbocycles. The Morgan fingerprint density at radius 2 is 2.20 bits per heavy atom. The van der Waals surface area contributed by atoms with Crippen LogP contribution in [0.2, 0.25) is 0 Å². The molecule has 2 rings (SSSR count). The molecule has 5 nitrogen and oxygen atoms in total. The molecule has 0 atom stereocenters. The Balaban J connectivity index is 2.22. The topological polar surface area (TPSA) is 68.5 Å². The smallest absolute Gasteiger partial charge is 0.345 e. The van der Waals surface area contributed by atoms with Crippen molar-refractivity contribution < 1.29 is 9.53 Å². The average molecular weight is 297 g/mol. The molecular formula is C14H23N3O2S. The van der Waals surface area contributed by atoms with E-state index in [0.717, 1.165) is 30.9 Å². The molecule has 0 amide bonds. The predicted molar refractivity (Wildman–Crippen MR) is 82.3 cm³/mol. The quantitative estimate of drug-likeness (QED) is 0.869. The molecule has 6 heteroatoms. The molecule has 0 spiro atoms. The Morgan fingerprint density at radius 3 is 2.90 bits per heavy atom. The van der Waals surface area contributed by atoms with Gasteiger partial charge in [0.25, 0.3) is 0 Å². The van der Waals surface area contributed by atoms with Crippen LogP contribution >= 0.6 is 11.5 Å². The summed E-state index contributed by atoms with van der Waals surface area (Å²) >= 11 is 1.30. The average Bonchev–Trinajstić information content (AvgIpc) is 2.66. The fraction of sp³-hybridized carbons (Fsp3) is 0.714. The first-order valence-electron chi connectivity index (χ1n) is 7.12. The highest BCUT2D eigenvalue weighted by Crippen LogP contribution is 2.36. The molecule has 2 N–H and O–H groups in total. The maximum atomic E-state index is 12.0. The molecule has 2 heterocycles. The molecular weight excluding hydrogens is 274 g/mol. The van der Waals surface area contributed by atoms with Gasteiger partial charge in [0, 0.05) is 13.1 Å². The fourth-order valence-corrected chi connectivity index (χ4v) is 3.38. The number of carbonyl (C=O) groups excluding carboxylic acids is 1. The standard InChI is InChI=1S/C14H23N3O2S/c1-4-19-13(18)10-11(15)16-20-12(10)17-8-5-6-14(2,3)7-9-17/h4-9H2,1-3H3,(H2,15,16). The van der Waals surface area contributed by atoms with Gasteiger partial charge in [0.05, 0.1) is 6.61 Å². The van der Waals surface area contributed by atoms with Gasteiger partial charge in [-0.1, -0.05) is 13.8 Å². The van der Waals surface area contributed by atoms with Gasteiger partial charge >= 0.3 is 5.97 Å². The number of ether oxygens (including phenoxy) is 1. The van der Waals surface area contributed by atoms with E-state index in [1.807, 2.05) is 0 Å². The van der Waals surface area contributed by atoms with E-state index in [2.05, 4.69) is 23.1 Å². The van der Waals surface area contributed by atoms with Crippen LogP contribution in [0.25, 0.3) is 0 Å². The second-order valence-corrected chi connectivity index (χ2v) is 6.73. The summed E-state index contributed by atoms with van der Waals surface area (Å²) < 4.78 is 9.23. The third-order valence-electron chi connectivity index (χ3n) is 3.81. The zero-order valence-electron chi connectivity index (χ0n) is 12.4. The molecule has 1 aromatic rings. The monoisotopic (exact) mass is 297 g/mol. The lowest BCUT2D eigenvalue weighted by molar-refractivity contribution is 0.0528. The van der Waals surface area contributed by atoms with Gasteiger partial charge in [0.15, 0.2) is 5.82 Å². The Hall–Kier alpha value is -1.30. The van der Waals surface area contributed by atoms with E-state index in [4.69, 9.17) is 10.5 Å². The molecule has 1 aromatic heterocycles. The molecule has 0 saturated carbocycles. The Morgan fingerprint density at radius 1 is 1.45 bits per heavy atom. The summed E-state index contributed by atoms with van der Waals surface area (Å²) in [5, 5.41) is 0.860. The number of esters is 1. The van der Waals surface area contributed by atoms with Crippen molar-refractivity contribution in [2.75, 3.05) is 30.3 Å². The zero-order valence-corrected chi connectivity index (χ0v) is 13.3. The second kappa shape index (κ2) is 5.99. The van der Waals surface area contributed by atoms with E-state index in [1.54, 1.807) is 6.92 Å². The van der Waals surface area contributed by atoms with E-state index in [9.17, 15) is 4.79 Å². The zero-order chi connectivity index (χ0) is 14.8. The molecule has 1 aliphatic heterocycles. The maximum absolute atomic E-state index is 12.0. The Labute approximate surface area is 124 Å². The molecule has 1 aliphatic rings. The van der Waals surface area contributed by atoms with Crippen molar-refractivity contribution in [2.24, 2.45) is 5.41 Å². The first kappa shape index (κ1) is 15.1. The molecule has 0 radical (unpaired) electrons. The minimum atomic E-state index is -0.364. The van der Waals surface area contributed by atoms with Crippen LogP contribution < -0.4 is 10.6 Å². The van der Waals surface area contributed by atoms with Crippen molar-refractivity contribution in [3.8, 4) is 0 Å². The Kier molecular flexibility index (Phi) is 4.52. The van der Waals surface area contributed by atoms with Crippen molar-refractivity contribution in [1.82, 2.24) is 4.37 Å². The highest BCUT2D eigenvalue weighted by atomic mass is 32.1. The van der Waals surface area contributed by atoms with Crippen molar-refractivity contribution in [3.05, 3.63) is 5.56 Å². The number of carbonyl (C=O) groups is 1. The minimum Gasteiger partial charge on any atom is -0.462 e. The Bertz CT molecular complexity index is 485. The lowest BCUT2D eigenvalue weighted by Gasteiger charge is -2.24. The fourth-order valence-electron chi connectivity index (χ4n) is 2.53. The highest BCUT2D eigenvalue weighted by Gasteiger charge is 2.28. The lowest BCUT2D eigenvalue weighted by Crippen LogP contribution is -2.26. The van der Waals surface area contributed by atoms with Crippen LogP contribution in [-0.2, 0) is 4.74 Å². The summed E-state index contributed by atoms with van der Waals surface area (Å²) in [6, 6.07) is 0. The number of aromatic nitrogens is 1. The highest BCUT2D eigenvalue weighted by molar-refractivity contribution is 7.11. The largest absolute Gasteiger partial charge is 0.462 e. The van der Waals surface area contributed by atoms with E-state index in [1.165, 1.54) is 18.0 Å². The van der Waals surface area contributed by atoms with Crippen LogP contribution in [0.5, 0.6) is 0 Å². The number of nitrogens with two attached hydrogens (primary N) is 1. The van der Waals surface area contributed by atoms with Crippen LogP contribution in [0, 0.1) is 5.41 Å². The number of anilines is 2. The van der Waals surface area contributed by atoms with Crippen LogP contribution in [0.15, 0.2) is 0 Å². The van der Waals surface area contributed by atoms with E-state index in [-0.39, 0.29) is 11.8 Å². The normalized spacial score (nSPS) is 18.6. The first-order valence-corrected chi connectivity index (χ1v) is 7.89. The van der Waals surface area contributed by atoms with Crippen LogP contribution in [0.4, 0.5) is 10.8 Å². The van der Waals surface area contributed by atoms with Gasteiger partial charge in [0.1, 0.15) is 10.6 Å². The van der Waals surface area contributed by atoms with Crippen LogP contribution in [0.1, 0.15) is 50.4 Å². The number of nitrogens with zero attached hydrogens (tertiary/aromatic N) is 2. The summed E-state index contributed by atoms with van der Waals surface area (Å²) in [5.74, 6) is -0.0794. The van der Waals surface area contributed by atoms with Gasteiger partial charge in [0.2, 0.25) is 0 Å². The summed E-state index contributed by atoms with van der Waals surface area (Å²) in [7, 11) is 0. The van der Waals surface area contributed by atoms with Crippen molar-refractivity contribution >= 4 is 28.3 Å². The van der Waals surface area contributed by atoms with Gasteiger partial charge in [-0.05, 0) is 43.1 Å². The van der Waals surface area contributed by atoms with Gasteiger partial charge in [-0.3, -0.25) is 0 Å². The summed E-state index contributed by atoms with van der Waals surface area (Å²) in [5.41, 5.74) is 6.64. The molecule has 1 saturated heterocycles.